The summed E-state index contributed by atoms with van der Waals surface area (Å²) in [5.74, 6) is 0.783. The van der Waals surface area contributed by atoms with E-state index in [-0.39, 0.29) is 0 Å². The third kappa shape index (κ3) is 1.50. The van der Waals surface area contributed by atoms with Crippen molar-refractivity contribution in [1.82, 2.24) is 9.55 Å². The fourth-order valence-electron chi connectivity index (χ4n) is 2.68. The largest absolute Gasteiger partial charge is 0.329 e. The number of imidazole rings is 1. The van der Waals surface area contributed by atoms with Gasteiger partial charge in [0.05, 0.1) is 16.6 Å². The van der Waals surface area contributed by atoms with Crippen LogP contribution in [0.4, 0.5) is 0 Å². The molecule has 4 heteroatoms. The van der Waals surface area contributed by atoms with E-state index in [4.69, 9.17) is 17.5 Å². The van der Waals surface area contributed by atoms with Gasteiger partial charge in [0.1, 0.15) is 6.07 Å². The smallest absolute Gasteiger partial charge is 0.178 e. The lowest BCUT2D eigenvalue weighted by Gasteiger charge is -2.34. The van der Waals surface area contributed by atoms with Crippen LogP contribution in [-0.2, 0) is 0 Å². The Balaban J connectivity index is 2.23. The molecule has 3 rings (SSSR count). The summed E-state index contributed by atoms with van der Waals surface area (Å²) < 4.78 is 2.91. The molecule has 0 bridgehead atoms. The second-order valence-corrected chi connectivity index (χ2v) is 5.23. The van der Waals surface area contributed by atoms with Crippen molar-refractivity contribution >= 4 is 23.3 Å². The van der Waals surface area contributed by atoms with Gasteiger partial charge in [0.15, 0.2) is 4.77 Å². The van der Waals surface area contributed by atoms with Crippen LogP contribution >= 0.6 is 12.2 Å². The topological polar surface area (TPSA) is 44.5 Å². The number of H-pyrrole nitrogens is 1. The predicted octanol–water partition coefficient (Wildman–Crippen LogP) is 3.54. The van der Waals surface area contributed by atoms with E-state index >= 15 is 0 Å². The van der Waals surface area contributed by atoms with Gasteiger partial charge >= 0.3 is 0 Å². The molecule has 17 heavy (non-hydrogen) atoms. The third-order valence-electron chi connectivity index (χ3n) is 3.59. The number of nitriles is 1. The van der Waals surface area contributed by atoms with Crippen LogP contribution < -0.4 is 0 Å². The van der Waals surface area contributed by atoms with Crippen LogP contribution in [0.5, 0.6) is 0 Å². The molecule has 1 heterocycles. The Morgan fingerprint density at radius 2 is 2.24 bits per heavy atom. The first-order valence-electron chi connectivity index (χ1n) is 5.84. The van der Waals surface area contributed by atoms with Crippen molar-refractivity contribution in [3.05, 3.63) is 28.5 Å². The van der Waals surface area contributed by atoms with Gasteiger partial charge in [-0.2, -0.15) is 5.26 Å². The van der Waals surface area contributed by atoms with Gasteiger partial charge in [-0.3, -0.25) is 0 Å². The van der Waals surface area contributed by atoms with Crippen molar-refractivity contribution in [3.63, 3.8) is 0 Å². The standard InChI is InChI=1S/C13H13N3S/c1-8-5-10(6-8)16-11-4-2-3-9(7-14)12(11)15-13(16)17/h2-4,8,10H,5-6H2,1H3,(H,15,17). The average Bonchev–Trinajstić information content (AvgIpc) is 2.60. The van der Waals surface area contributed by atoms with E-state index in [2.05, 4.69) is 22.5 Å². The van der Waals surface area contributed by atoms with Gasteiger partial charge in [0.2, 0.25) is 0 Å². The molecular weight excluding hydrogens is 230 g/mol. The molecule has 1 aromatic heterocycles. The van der Waals surface area contributed by atoms with Crippen molar-refractivity contribution in [3.8, 4) is 6.07 Å². The first kappa shape index (κ1) is 10.5. The van der Waals surface area contributed by atoms with Crippen molar-refractivity contribution in [2.75, 3.05) is 0 Å². The van der Waals surface area contributed by atoms with Crippen LogP contribution in [0.25, 0.3) is 11.0 Å². The Morgan fingerprint density at radius 3 is 2.88 bits per heavy atom. The van der Waals surface area contributed by atoms with E-state index in [1.54, 1.807) is 0 Å². The summed E-state index contributed by atoms with van der Waals surface area (Å²) in [5.41, 5.74) is 2.60. The Morgan fingerprint density at radius 1 is 1.47 bits per heavy atom. The van der Waals surface area contributed by atoms with Crippen LogP contribution in [0.2, 0.25) is 0 Å². The Kier molecular flexibility index (Phi) is 2.30. The summed E-state index contributed by atoms with van der Waals surface area (Å²) >= 11 is 5.37. The molecule has 0 radical (unpaired) electrons. The van der Waals surface area contributed by atoms with Gasteiger partial charge in [-0.25, -0.2) is 0 Å². The maximum Gasteiger partial charge on any atom is 0.178 e. The predicted molar refractivity (Wildman–Crippen MR) is 69.3 cm³/mol. The molecule has 1 fully saturated rings. The van der Waals surface area contributed by atoms with Crippen LogP contribution in [0.1, 0.15) is 31.4 Å². The Labute approximate surface area is 105 Å². The van der Waals surface area contributed by atoms with Crippen molar-refractivity contribution in [2.24, 2.45) is 5.92 Å². The van der Waals surface area contributed by atoms with Gasteiger partial charge < -0.3 is 9.55 Å². The van der Waals surface area contributed by atoms with Gasteiger partial charge in [0.25, 0.3) is 0 Å². The third-order valence-corrected chi connectivity index (χ3v) is 3.89. The molecule has 0 unspecified atom stereocenters. The number of hydrogen-bond acceptors (Lipinski definition) is 2. The maximum absolute atomic E-state index is 9.07. The molecule has 2 aromatic rings. The number of hydrogen-bond donors (Lipinski definition) is 1. The van der Waals surface area contributed by atoms with Crippen LogP contribution in [0.15, 0.2) is 18.2 Å². The van der Waals surface area contributed by atoms with Crippen molar-refractivity contribution in [2.45, 2.75) is 25.8 Å². The van der Waals surface area contributed by atoms with Gasteiger partial charge in [0, 0.05) is 6.04 Å². The molecule has 0 spiro atoms. The lowest BCUT2D eigenvalue weighted by atomic mass is 9.81. The van der Waals surface area contributed by atoms with Crippen molar-refractivity contribution in [1.29, 1.82) is 5.26 Å². The zero-order valence-corrected chi connectivity index (χ0v) is 10.4. The van der Waals surface area contributed by atoms with E-state index in [0.29, 0.717) is 11.6 Å². The molecule has 1 aliphatic carbocycles. The molecule has 0 atom stereocenters. The number of rotatable bonds is 1. The molecule has 0 aliphatic heterocycles. The van der Waals surface area contributed by atoms with Crippen LogP contribution in [0, 0.1) is 22.0 Å². The maximum atomic E-state index is 9.07. The Hall–Kier alpha value is -1.60. The van der Waals surface area contributed by atoms with E-state index in [0.717, 1.165) is 21.7 Å². The van der Waals surface area contributed by atoms with E-state index in [1.807, 2.05) is 18.2 Å². The fourth-order valence-corrected chi connectivity index (χ4v) is 3.02. The number of nitrogens with zero attached hydrogens (tertiary/aromatic N) is 2. The van der Waals surface area contributed by atoms with Crippen LogP contribution in [-0.4, -0.2) is 9.55 Å². The molecule has 86 valence electrons. The first-order valence-corrected chi connectivity index (χ1v) is 6.25. The average molecular weight is 243 g/mol. The number of aromatic amines is 1. The highest BCUT2D eigenvalue weighted by Gasteiger charge is 2.28. The van der Waals surface area contributed by atoms with E-state index in [9.17, 15) is 0 Å². The van der Waals surface area contributed by atoms with Crippen molar-refractivity contribution < 1.29 is 0 Å². The van der Waals surface area contributed by atoms with Crippen LogP contribution in [0.3, 0.4) is 0 Å². The summed E-state index contributed by atoms with van der Waals surface area (Å²) in [6.45, 7) is 2.26. The van der Waals surface area contributed by atoms with Gasteiger partial charge in [-0.05, 0) is 43.1 Å². The number of aromatic nitrogens is 2. The molecule has 1 saturated carbocycles. The number of nitrogens with one attached hydrogen (secondary N) is 1. The molecular formula is C13H13N3S. The lowest BCUT2D eigenvalue weighted by molar-refractivity contribution is 0.219. The number of para-hydroxylation sites is 1. The highest BCUT2D eigenvalue weighted by Crippen LogP contribution is 2.39. The summed E-state index contributed by atoms with van der Waals surface area (Å²) in [4.78, 5) is 3.17. The number of benzene rings is 1. The van der Waals surface area contributed by atoms with Gasteiger partial charge in [-0.1, -0.05) is 13.0 Å². The van der Waals surface area contributed by atoms with E-state index < -0.39 is 0 Å². The second-order valence-electron chi connectivity index (χ2n) is 4.84. The van der Waals surface area contributed by atoms with Gasteiger partial charge in [-0.15, -0.1) is 0 Å². The lowest BCUT2D eigenvalue weighted by Crippen LogP contribution is -2.24. The normalized spacial score (nSPS) is 23.3. The second kappa shape index (κ2) is 3.71. The minimum Gasteiger partial charge on any atom is -0.329 e. The minimum atomic E-state index is 0.500. The monoisotopic (exact) mass is 243 g/mol. The molecule has 0 saturated heterocycles. The summed E-state index contributed by atoms with van der Waals surface area (Å²) in [6, 6.07) is 8.48. The number of fused-ring (bicyclic) bond motifs is 1. The SMILES string of the molecule is CC1CC(n2c(=S)[nH]c3c(C#N)cccc32)C1. The first-order chi connectivity index (χ1) is 8.20. The quantitative estimate of drug-likeness (QED) is 0.778. The summed E-state index contributed by atoms with van der Waals surface area (Å²) in [6.07, 6.45) is 2.36. The highest BCUT2D eigenvalue weighted by molar-refractivity contribution is 7.71. The summed E-state index contributed by atoms with van der Waals surface area (Å²) in [5, 5.41) is 9.07. The molecule has 1 N–H and O–H groups in total. The molecule has 1 aliphatic rings. The molecule has 3 nitrogen and oxygen atoms in total. The summed E-state index contributed by atoms with van der Waals surface area (Å²) in [7, 11) is 0. The molecule has 1 aromatic carbocycles. The fraction of sp³-hybridized carbons (Fsp3) is 0.385. The molecule has 0 amide bonds. The zero-order chi connectivity index (χ0) is 12.0. The highest BCUT2D eigenvalue weighted by atomic mass is 32.1. The zero-order valence-electron chi connectivity index (χ0n) is 9.60. The van der Waals surface area contributed by atoms with E-state index in [1.165, 1.54) is 12.8 Å². The minimum absolute atomic E-state index is 0.500. The Bertz CT molecular complexity index is 668.